The van der Waals surface area contributed by atoms with Gasteiger partial charge in [0, 0.05) is 37.8 Å². The van der Waals surface area contributed by atoms with Crippen LogP contribution in [0, 0.1) is 5.92 Å². The molecule has 0 aromatic carbocycles. The van der Waals surface area contributed by atoms with Crippen molar-refractivity contribution in [2.24, 2.45) is 5.92 Å². The first-order valence-electron chi connectivity index (χ1n) is 6.40. The second-order valence-electron chi connectivity index (χ2n) is 6.32. The average Bonchev–Trinajstić information content (AvgIpc) is 2.24. The molecule has 2 unspecified atom stereocenters. The van der Waals surface area contributed by atoms with E-state index in [1.807, 2.05) is 0 Å². The van der Waals surface area contributed by atoms with E-state index in [4.69, 9.17) is 0 Å². The van der Waals surface area contributed by atoms with Crippen molar-refractivity contribution in [2.45, 2.75) is 45.7 Å². The van der Waals surface area contributed by atoms with E-state index in [1.54, 1.807) is 0 Å². The van der Waals surface area contributed by atoms with Gasteiger partial charge < -0.3 is 10.0 Å². The third-order valence-corrected chi connectivity index (χ3v) is 3.42. The Morgan fingerprint density at radius 2 is 1.81 bits per heavy atom. The van der Waals surface area contributed by atoms with Gasteiger partial charge in [0.05, 0.1) is 0 Å². The normalized spacial score (nSPS) is 30.4. The summed E-state index contributed by atoms with van der Waals surface area (Å²) in [4.78, 5) is 4.97. The van der Waals surface area contributed by atoms with Crippen LogP contribution in [0.15, 0.2) is 0 Å². The zero-order chi connectivity index (χ0) is 12.3. The molecule has 0 amide bonds. The van der Waals surface area contributed by atoms with Crippen molar-refractivity contribution < 1.29 is 5.11 Å². The third kappa shape index (κ3) is 3.72. The highest BCUT2D eigenvalue weighted by Gasteiger charge is 2.32. The highest BCUT2D eigenvalue weighted by atomic mass is 16.3. The summed E-state index contributed by atoms with van der Waals surface area (Å²) in [6.07, 6.45) is 0.883. The molecule has 1 aliphatic rings. The molecule has 0 saturated carbocycles. The van der Waals surface area contributed by atoms with Gasteiger partial charge in [0.25, 0.3) is 0 Å². The number of aliphatic hydroxyl groups excluding tert-OH is 1. The Kier molecular flexibility index (Phi) is 4.77. The smallest absolute Gasteiger partial charge is 0.0446 e. The molecule has 3 nitrogen and oxygen atoms in total. The molecular formula is C13H28N2O. The van der Waals surface area contributed by atoms with Crippen molar-refractivity contribution in [3.05, 3.63) is 0 Å². The predicted octanol–water partition coefficient (Wildman–Crippen LogP) is 1.42. The van der Waals surface area contributed by atoms with E-state index in [0.29, 0.717) is 18.6 Å². The van der Waals surface area contributed by atoms with Crippen LogP contribution in [-0.4, -0.2) is 59.8 Å². The van der Waals surface area contributed by atoms with Crippen molar-refractivity contribution in [3.63, 3.8) is 0 Å². The molecule has 3 heteroatoms. The maximum atomic E-state index is 9.20. The molecule has 0 spiro atoms. The van der Waals surface area contributed by atoms with Crippen LogP contribution >= 0.6 is 0 Å². The lowest BCUT2D eigenvalue weighted by atomic mass is 9.99. The number of likely N-dealkylation sites (N-methyl/N-ethyl adjacent to an activating group) is 1. The minimum absolute atomic E-state index is 0.194. The van der Waals surface area contributed by atoms with Crippen LogP contribution in [0.3, 0.4) is 0 Å². The lowest BCUT2D eigenvalue weighted by molar-refractivity contribution is 0.0605. The van der Waals surface area contributed by atoms with Gasteiger partial charge in [-0.1, -0.05) is 6.92 Å². The number of hydrogen-bond donors (Lipinski definition) is 1. The summed E-state index contributed by atoms with van der Waals surface area (Å²) in [7, 11) is 2.19. The van der Waals surface area contributed by atoms with Gasteiger partial charge in [-0.05, 0) is 40.2 Å². The first kappa shape index (κ1) is 13.9. The molecule has 0 bridgehead atoms. The Balaban J connectivity index is 2.81. The Hall–Kier alpha value is -0.120. The van der Waals surface area contributed by atoms with Crippen LogP contribution in [0.4, 0.5) is 0 Å². The molecule has 0 radical (unpaired) electrons. The molecule has 1 N–H and O–H groups in total. The molecular weight excluding hydrogens is 200 g/mol. The molecule has 96 valence electrons. The molecule has 1 aliphatic heterocycles. The van der Waals surface area contributed by atoms with Gasteiger partial charge in [-0.25, -0.2) is 0 Å². The topological polar surface area (TPSA) is 26.7 Å². The third-order valence-electron chi connectivity index (χ3n) is 3.42. The number of nitrogens with zero attached hydrogens (tertiary/aromatic N) is 2. The lowest BCUT2D eigenvalue weighted by Gasteiger charge is -2.41. The first-order valence-corrected chi connectivity index (χ1v) is 6.40. The molecule has 16 heavy (non-hydrogen) atoms. The summed E-state index contributed by atoms with van der Waals surface area (Å²) in [6.45, 7) is 12.8. The number of rotatable bonds is 2. The fourth-order valence-electron chi connectivity index (χ4n) is 2.83. The highest BCUT2D eigenvalue weighted by molar-refractivity contribution is 4.88. The summed E-state index contributed by atoms with van der Waals surface area (Å²) in [6, 6.07) is 0.486. The van der Waals surface area contributed by atoms with Crippen molar-refractivity contribution in [3.8, 4) is 0 Å². The Labute approximate surface area is 100 Å². The fraction of sp³-hybridized carbons (Fsp3) is 1.00. The van der Waals surface area contributed by atoms with Crippen molar-refractivity contribution in [1.82, 2.24) is 9.80 Å². The average molecular weight is 228 g/mol. The second-order valence-corrected chi connectivity index (χ2v) is 6.32. The molecule has 0 aromatic heterocycles. The van der Waals surface area contributed by atoms with Crippen LogP contribution in [0.25, 0.3) is 0 Å². The highest BCUT2D eigenvalue weighted by Crippen LogP contribution is 2.24. The zero-order valence-corrected chi connectivity index (χ0v) is 11.5. The molecule has 1 rings (SSSR count). The van der Waals surface area contributed by atoms with E-state index in [-0.39, 0.29) is 5.54 Å². The maximum absolute atomic E-state index is 9.20. The van der Waals surface area contributed by atoms with Crippen molar-refractivity contribution in [2.75, 3.05) is 33.3 Å². The van der Waals surface area contributed by atoms with Crippen LogP contribution < -0.4 is 0 Å². The second kappa shape index (κ2) is 5.48. The van der Waals surface area contributed by atoms with E-state index in [9.17, 15) is 5.11 Å². The molecule has 0 aliphatic carbocycles. The molecule has 1 fully saturated rings. The van der Waals surface area contributed by atoms with Gasteiger partial charge in [-0.2, -0.15) is 0 Å². The Bertz CT molecular complexity index is 212. The standard InChI is InChI=1S/C13H28N2O/c1-11-8-14(5)10-12(6-7-16)15(9-11)13(2,3)4/h11-12,16H,6-10H2,1-5H3. The van der Waals surface area contributed by atoms with Gasteiger partial charge in [0.15, 0.2) is 0 Å². The monoisotopic (exact) mass is 228 g/mol. The van der Waals surface area contributed by atoms with E-state index in [0.717, 1.165) is 26.1 Å². The molecule has 1 saturated heterocycles. The molecule has 2 atom stereocenters. The number of hydrogen-bond acceptors (Lipinski definition) is 3. The van der Waals surface area contributed by atoms with Gasteiger partial charge in [0.2, 0.25) is 0 Å². The van der Waals surface area contributed by atoms with E-state index in [2.05, 4.69) is 44.5 Å². The van der Waals surface area contributed by atoms with Crippen LogP contribution in [-0.2, 0) is 0 Å². The largest absolute Gasteiger partial charge is 0.396 e. The SMILES string of the molecule is CC1CN(C)CC(CCO)N(C(C)(C)C)C1. The van der Waals surface area contributed by atoms with Gasteiger partial charge in [-0.3, -0.25) is 4.90 Å². The maximum Gasteiger partial charge on any atom is 0.0446 e. The quantitative estimate of drug-likeness (QED) is 0.774. The fourth-order valence-corrected chi connectivity index (χ4v) is 2.83. The molecule has 1 heterocycles. The summed E-state index contributed by atoms with van der Waals surface area (Å²) in [5.41, 5.74) is 0.194. The Morgan fingerprint density at radius 3 is 2.31 bits per heavy atom. The van der Waals surface area contributed by atoms with Gasteiger partial charge in [-0.15, -0.1) is 0 Å². The van der Waals surface area contributed by atoms with Crippen LogP contribution in [0.2, 0.25) is 0 Å². The summed E-state index contributed by atoms with van der Waals surface area (Å²) in [5.74, 6) is 0.702. The van der Waals surface area contributed by atoms with Crippen LogP contribution in [0.1, 0.15) is 34.1 Å². The number of aliphatic hydroxyl groups is 1. The van der Waals surface area contributed by atoms with Gasteiger partial charge >= 0.3 is 0 Å². The van der Waals surface area contributed by atoms with E-state index in [1.165, 1.54) is 0 Å². The van der Waals surface area contributed by atoms with Crippen molar-refractivity contribution >= 4 is 0 Å². The predicted molar refractivity (Wildman–Crippen MR) is 68.6 cm³/mol. The summed E-state index contributed by atoms with van der Waals surface area (Å²) in [5, 5.41) is 9.20. The minimum Gasteiger partial charge on any atom is -0.396 e. The van der Waals surface area contributed by atoms with Gasteiger partial charge in [0.1, 0.15) is 0 Å². The lowest BCUT2D eigenvalue weighted by Crippen LogP contribution is -2.51. The first-order chi connectivity index (χ1) is 7.34. The Morgan fingerprint density at radius 1 is 1.19 bits per heavy atom. The zero-order valence-electron chi connectivity index (χ0n) is 11.5. The molecule has 0 aromatic rings. The summed E-state index contributed by atoms with van der Waals surface area (Å²) < 4.78 is 0. The van der Waals surface area contributed by atoms with Crippen molar-refractivity contribution in [1.29, 1.82) is 0 Å². The van der Waals surface area contributed by atoms with E-state index < -0.39 is 0 Å². The minimum atomic E-state index is 0.194. The van der Waals surface area contributed by atoms with Crippen LogP contribution in [0.5, 0.6) is 0 Å². The van der Waals surface area contributed by atoms with E-state index >= 15 is 0 Å². The summed E-state index contributed by atoms with van der Waals surface area (Å²) >= 11 is 0.